The molecule has 0 radical (unpaired) electrons. The Morgan fingerprint density at radius 2 is 1.88 bits per heavy atom. The molecule has 0 N–H and O–H groups in total. The van der Waals surface area contributed by atoms with Crippen molar-refractivity contribution >= 4 is 17.3 Å². The summed E-state index contributed by atoms with van der Waals surface area (Å²) in [6.45, 7) is 9.62. The van der Waals surface area contributed by atoms with Gasteiger partial charge in [0.15, 0.2) is 6.61 Å². The van der Waals surface area contributed by atoms with Gasteiger partial charge in [0.1, 0.15) is 15.6 Å². The first-order chi connectivity index (χ1) is 11.8. The molecule has 0 aliphatic rings. The molecule has 0 unspecified atom stereocenters. The van der Waals surface area contributed by atoms with E-state index in [-0.39, 0.29) is 6.61 Å². The van der Waals surface area contributed by atoms with Gasteiger partial charge in [0.05, 0.1) is 11.4 Å². The summed E-state index contributed by atoms with van der Waals surface area (Å²) in [7, 11) is 0. The number of nitrogens with zero attached hydrogens (tertiary/aromatic N) is 2. The molecule has 0 saturated carbocycles. The van der Waals surface area contributed by atoms with Gasteiger partial charge in [-0.15, -0.1) is 11.3 Å². The minimum absolute atomic E-state index is 0.0176. The number of esters is 1. The molecule has 130 valence electrons. The number of ether oxygens (including phenoxy) is 1. The Bertz CT molecular complexity index is 921. The first-order valence-corrected chi connectivity index (χ1v) is 8.82. The second-order valence-corrected chi connectivity index (χ2v) is 7.08. The third-order valence-electron chi connectivity index (χ3n) is 3.99. The van der Waals surface area contributed by atoms with E-state index in [1.807, 2.05) is 39.8 Å². The van der Waals surface area contributed by atoms with Crippen molar-refractivity contribution in [2.24, 2.45) is 0 Å². The molecule has 6 heteroatoms. The number of oxazole rings is 1. The van der Waals surface area contributed by atoms with Crippen LogP contribution in [0.3, 0.4) is 0 Å². The molecular formula is C19H20N2O3S. The minimum atomic E-state index is -0.403. The van der Waals surface area contributed by atoms with Gasteiger partial charge < -0.3 is 9.15 Å². The van der Waals surface area contributed by atoms with Gasteiger partial charge in [0.25, 0.3) is 0 Å². The number of aromatic nitrogens is 2. The van der Waals surface area contributed by atoms with E-state index in [0.717, 1.165) is 27.6 Å². The summed E-state index contributed by atoms with van der Waals surface area (Å²) in [6, 6.07) is 6.19. The van der Waals surface area contributed by atoms with Gasteiger partial charge in [0, 0.05) is 5.56 Å². The van der Waals surface area contributed by atoms with E-state index in [9.17, 15) is 4.79 Å². The lowest BCUT2D eigenvalue weighted by molar-refractivity contribution is 0.0441. The fourth-order valence-corrected chi connectivity index (χ4v) is 3.60. The van der Waals surface area contributed by atoms with E-state index in [1.165, 1.54) is 16.9 Å². The van der Waals surface area contributed by atoms with Crippen LogP contribution < -0.4 is 0 Å². The second-order valence-electron chi connectivity index (χ2n) is 6.08. The molecule has 3 rings (SSSR count). The van der Waals surface area contributed by atoms with Crippen molar-refractivity contribution in [3.63, 3.8) is 0 Å². The van der Waals surface area contributed by atoms with E-state index < -0.39 is 5.97 Å². The van der Waals surface area contributed by atoms with E-state index >= 15 is 0 Å². The number of hydrogen-bond donors (Lipinski definition) is 0. The molecule has 3 aromatic rings. The smallest absolute Gasteiger partial charge is 0.350 e. The molecule has 0 atom stereocenters. The van der Waals surface area contributed by atoms with Crippen molar-refractivity contribution < 1.29 is 13.9 Å². The standard InChI is InChI=1S/C19H20N2O3S/c1-10-6-7-15(11(2)8-10)18-21-13(4)17(25-18)19(22)23-9-16-20-12(3)14(5)24-16/h6-8H,9H2,1-5H3. The normalized spacial score (nSPS) is 10.9. The predicted molar refractivity (Wildman–Crippen MR) is 96.9 cm³/mol. The summed E-state index contributed by atoms with van der Waals surface area (Å²) in [4.78, 5) is 21.7. The van der Waals surface area contributed by atoms with E-state index in [0.29, 0.717) is 16.5 Å². The van der Waals surface area contributed by atoms with Crippen LogP contribution in [0.25, 0.3) is 10.6 Å². The maximum absolute atomic E-state index is 12.4. The number of thiazole rings is 1. The van der Waals surface area contributed by atoms with Crippen LogP contribution in [-0.4, -0.2) is 15.9 Å². The Balaban J connectivity index is 1.78. The highest BCUT2D eigenvalue weighted by Crippen LogP contribution is 2.31. The molecule has 0 aliphatic carbocycles. The van der Waals surface area contributed by atoms with Crippen molar-refractivity contribution in [3.05, 3.63) is 57.2 Å². The first-order valence-electron chi connectivity index (χ1n) is 8.00. The Labute approximate surface area is 150 Å². The molecule has 0 fully saturated rings. The largest absolute Gasteiger partial charge is 0.451 e. The zero-order valence-corrected chi connectivity index (χ0v) is 15.8. The average molecular weight is 356 g/mol. The molecule has 1 aromatic carbocycles. The van der Waals surface area contributed by atoms with Crippen LogP contribution in [0.15, 0.2) is 22.6 Å². The summed E-state index contributed by atoms with van der Waals surface area (Å²) in [5.41, 5.74) is 4.85. The number of rotatable bonds is 4. The maximum atomic E-state index is 12.4. The first kappa shape index (κ1) is 17.4. The third kappa shape index (κ3) is 3.64. The molecule has 0 bridgehead atoms. The van der Waals surface area contributed by atoms with Gasteiger partial charge in [0.2, 0.25) is 5.89 Å². The number of carbonyl (C=O) groups is 1. The fraction of sp³-hybridized carbons (Fsp3) is 0.316. The highest BCUT2D eigenvalue weighted by atomic mass is 32.1. The molecule has 5 nitrogen and oxygen atoms in total. The Morgan fingerprint density at radius 1 is 1.12 bits per heavy atom. The molecule has 0 amide bonds. The van der Waals surface area contributed by atoms with E-state index in [4.69, 9.17) is 9.15 Å². The Kier molecular flexibility index (Phi) is 4.72. The molecule has 25 heavy (non-hydrogen) atoms. The SMILES string of the molecule is Cc1ccc(-c2nc(C)c(C(=O)OCc3nc(C)c(C)o3)s2)c(C)c1. The van der Waals surface area contributed by atoms with Gasteiger partial charge in [-0.2, -0.15) is 0 Å². The van der Waals surface area contributed by atoms with Crippen molar-refractivity contribution in [3.8, 4) is 10.6 Å². The number of hydrogen-bond acceptors (Lipinski definition) is 6. The van der Waals surface area contributed by atoms with Gasteiger partial charge in [-0.25, -0.2) is 14.8 Å². The third-order valence-corrected chi connectivity index (χ3v) is 5.16. The van der Waals surface area contributed by atoms with Crippen LogP contribution in [0, 0.1) is 34.6 Å². The zero-order valence-electron chi connectivity index (χ0n) is 15.0. The number of carbonyl (C=O) groups excluding carboxylic acids is 1. The lowest BCUT2D eigenvalue weighted by Crippen LogP contribution is -2.05. The van der Waals surface area contributed by atoms with Crippen LogP contribution in [0.5, 0.6) is 0 Å². The topological polar surface area (TPSA) is 65.2 Å². The lowest BCUT2D eigenvalue weighted by atomic mass is 10.1. The van der Waals surface area contributed by atoms with E-state index in [1.54, 1.807) is 0 Å². The molecule has 0 aliphatic heterocycles. The summed E-state index contributed by atoms with van der Waals surface area (Å²) in [5, 5.41) is 0.824. The predicted octanol–water partition coefficient (Wildman–Crippen LogP) is 4.70. The lowest BCUT2D eigenvalue weighted by Gasteiger charge is -2.03. The second kappa shape index (κ2) is 6.80. The number of aryl methyl sites for hydroxylation is 5. The summed E-state index contributed by atoms with van der Waals surface area (Å²) in [6.07, 6.45) is 0. The minimum Gasteiger partial charge on any atom is -0.451 e. The maximum Gasteiger partial charge on any atom is 0.350 e. The molecule has 0 saturated heterocycles. The highest BCUT2D eigenvalue weighted by molar-refractivity contribution is 7.17. The van der Waals surface area contributed by atoms with Crippen molar-refractivity contribution in [2.75, 3.05) is 0 Å². The van der Waals surface area contributed by atoms with Crippen molar-refractivity contribution in [1.29, 1.82) is 0 Å². The van der Waals surface area contributed by atoms with Gasteiger partial charge in [-0.05, 0) is 40.2 Å². The Hall–Kier alpha value is -2.47. The zero-order chi connectivity index (χ0) is 18.1. The molecule has 2 aromatic heterocycles. The van der Waals surface area contributed by atoms with Crippen molar-refractivity contribution in [1.82, 2.24) is 9.97 Å². The quantitative estimate of drug-likeness (QED) is 0.634. The van der Waals surface area contributed by atoms with E-state index in [2.05, 4.69) is 23.0 Å². The summed E-state index contributed by atoms with van der Waals surface area (Å²) >= 11 is 1.35. The number of benzene rings is 1. The van der Waals surface area contributed by atoms with Gasteiger partial charge in [-0.3, -0.25) is 0 Å². The van der Waals surface area contributed by atoms with Crippen LogP contribution in [0.1, 0.15) is 43.8 Å². The van der Waals surface area contributed by atoms with Crippen LogP contribution in [0.4, 0.5) is 0 Å². The van der Waals surface area contributed by atoms with Gasteiger partial charge in [-0.1, -0.05) is 23.8 Å². The van der Waals surface area contributed by atoms with Gasteiger partial charge >= 0.3 is 5.97 Å². The molecular weight excluding hydrogens is 336 g/mol. The average Bonchev–Trinajstić information content (AvgIpc) is 3.08. The van der Waals surface area contributed by atoms with Crippen molar-refractivity contribution in [2.45, 2.75) is 41.2 Å². The monoisotopic (exact) mass is 356 g/mol. The van der Waals surface area contributed by atoms with Crippen LogP contribution >= 0.6 is 11.3 Å². The summed E-state index contributed by atoms with van der Waals surface area (Å²) < 4.78 is 10.8. The Morgan fingerprint density at radius 3 is 2.52 bits per heavy atom. The molecule has 2 heterocycles. The van der Waals surface area contributed by atoms with Crippen LogP contribution in [-0.2, 0) is 11.3 Å². The summed E-state index contributed by atoms with van der Waals surface area (Å²) in [5.74, 6) is 0.733. The fourth-order valence-electron chi connectivity index (χ4n) is 2.55. The van der Waals surface area contributed by atoms with Crippen LogP contribution in [0.2, 0.25) is 0 Å². The highest BCUT2D eigenvalue weighted by Gasteiger charge is 2.19. The molecule has 0 spiro atoms.